The molecule has 3 aromatic rings. The van der Waals surface area contributed by atoms with Crippen molar-refractivity contribution >= 4 is 29.2 Å². The van der Waals surface area contributed by atoms with E-state index < -0.39 is 31.0 Å². The summed E-state index contributed by atoms with van der Waals surface area (Å²) in [6.07, 6.45) is 1.37. The van der Waals surface area contributed by atoms with Crippen LogP contribution in [-0.4, -0.2) is 31.0 Å². The van der Waals surface area contributed by atoms with Gasteiger partial charge >= 0.3 is 12.6 Å². The third-order valence-electron chi connectivity index (χ3n) is 3.83. The van der Waals surface area contributed by atoms with Crippen LogP contribution < -0.4 is 15.4 Å². The highest BCUT2D eigenvalue weighted by molar-refractivity contribution is 6.02. The van der Waals surface area contributed by atoms with Crippen LogP contribution in [0.25, 0.3) is 0 Å². The van der Waals surface area contributed by atoms with Crippen LogP contribution in [0.15, 0.2) is 71.3 Å². The number of benzene rings is 2. The summed E-state index contributed by atoms with van der Waals surface area (Å²) in [5.74, 6) is -2.05. The van der Waals surface area contributed by atoms with Crippen molar-refractivity contribution in [3.8, 4) is 5.75 Å². The van der Waals surface area contributed by atoms with Crippen molar-refractivity contribution in [1.29, 1.82) is 0 Å². The van der Waals surface area contributed by atoms with Gasteiger partial charge in [0.1, 0.15) is 5.75 Å². The number of alkyl halides is 2. The maximum atomic E-state index is 12.4. The monoisotopic (exact) mass is 430 g/mol. The number of anilines is 2. The van der Waals surface area contributed by atoms with Crippen LogP contribution in [0, 0.1) is 0 Å². The highest BCUT2D eigenvalue weighted by atomic mass is 19.3. The first-order valence-electron chi connectivity index (χ1n) is 8.88. The van der Waals surface area contributed by atoms with E-state index in [4.69, 9.17) is 9.15 Å². The van der Waals surface area contributed by atoms with Gasteiger partial charge in [-0.3, -0.25) is 9.59 Å². The normalized spacial score (nSPS) is 10.4. The molecule has 8 nitrogen and oxygen atoms in total. The average molecular weight is 430 g/mol. The van der Waals surface area contributed by atoms with Crippen LogP contribution in [0.2, 0.25) is 0 Å². The number of carbonyl (C=O) groups is 3. The first-order valence-corrected chi connectivity index (χ1v) is 8.88. The van der Waals surface area contributed by atoms with Gasteiger partial charge < -0.3 is 24.5 Å². The maximum Gasteiger partial charge on any atom is 0.387 e. The first-order chi connectivity index (χ1) is 14.9. The molecule has 0 aliphatic rings. The molecule has 0 atom stereocenters. The van der Waals surface area contributed by atoms with Crippen LogP contribution in [-0.2, 0) is 9.53 Å². The van der Waals surface area contributed by atoms with Gasteiger partial charge in [-0.05, 0) is 48.5 Å². The Bertz CT molecular complexity index is 1050. The van der Waals surface area contributed by atoms with Gasteiger partial charge in [-0.25, -0.2) is 4.79 Å². The summed E-state index contributed by atoms with van der Waals surface area (Å²) in [5.41, 5.74) is 0.581. The molecule has 2 amide bonds. The Morgan fingerprint density at radius 1 is 0.935 bits per heavy atom. The Morgan fingerprint density at radius 3 is 2.35 bits per heavy atom. The standard InChI is InChI=1S/C21H16F2N2O6/c22-21(23)31-16-5-2-1-4-15(16)25-18(26)12-30-20(28)13-7-9-14(10-8-13)24-19(27)17-6-3-11-29-17/h1-11,21H,12H2,(H,24,27)(H,25,26). The molecular formula is C21H16F2N2O6. The minimum Gasteiger partial charge on any atom is -0.459 e. The van der Waals surface area contributed by atoms with E-state index in [9.17, 15) is 23.2 Å². The Balaban J connectivity index is 1.51. The summed E-state index contributed by atoms with van der Waals surface area (Å²) in [6, 6.07) is 14.5. The molecular weight excluding hydrogens is 414 g/mol. The third kappa shape index (κ3) is 6.13. The summed E-state index contributed by atoms with van der Waals surface area (Å²) < 4.78 is 39.1. The number of para-hydroxylation sites is 2. The lowest BCUT2D eigenvalue weighted by atomic mass is 10.2. The molecule has 2 N–H and O–H groups in total. The van der Waals surface area contributed by atoms with Crippen LogP contribution in [0.1, 0.15) is 20.9 Å². The number of nitrogens with one attached hydrogen (secondary N) is 2. The Kier molecular flexibility index (Phi) is 6.94. The Labute approximate surface area is 174 Å². The lowest BCUT2D eigenvalue weighted by Crippen LogP contribution is -2.21. The largest absolute Gasteiger partial charge is 0.459 e. The summed E-state index contributed by atoms with van der Waals surface area (Å²) in [7, 11) is 0. The fourth-order valence-corrected chi connectivity index (χ4v) is 2.46. The molecule has 0 aliphatic carbocycles. The molecule has 31 heavy (non-hydrogen) atoms. The summed E-state index contributed by atoms with van der Waals surface area (Å²) in [4.78, 5) is 36.0. The number of esters is 1. The quantitative estimate of drug-likeness (QED) is 0.525. The van der Waals surface area contributed by atoms with Crippen LogP contribution in [0.4, 0.5) is 20.2 Å². The molecule has 0 aliphatic heterocycles. The third-order valence-corrected chi connectivity index (χ3v) is 3.83. The molecule has 2 aromatic carbocycles. The first kappa shape index (κ1) is 21.5. The highest BCUT2D eigenvalue weighted by Crippen LogP contribution is 2.25. The van der Waals surface area contributed by atoms with E-state index in [-0.39, 0.29) is 22.8 Å². The van der Waals surface area contributed by atoms with E-state index in [0.29, 0.717) is 5.69 Å². The second-order valence-electron chi connectivity index (χ2n) is 6.01. The predicted molar refractivity (Wildman–Crippen MR) is 105 cm³/mol. The van der Waals surface area contributed by atoms with Crippen molar-refractivity contribution in [2.45, 2.75) is 6.61 Å². The topological polar surface area (TPSA) is 107 Å². The molecule has 0 saturated carbocycles. The van der Waals surface area contributed by atoms with Gasteiger partial charge in [0.05, 0.1) is 17.5 Å². The number of hydrogen-bond acceptors (Lipinski definition) is 6. The number of amides is 2. The molecule has 0 fully saturated rings. The summed E-state index contributed by atoms with van der Waals surface area (Å²) in [6.45, 7) is -3.69. The van der Waals surface area contributed by atoms with Gasteiger partial charge in [-0.1, -0.05) is 12.1 Å². The van der Waals surface area contributed by atoms with Gasteiger partial charge in [0.25, 0.3) is 11.8 Å². The van der Waals surface area contributed by atoms with Crippen molar-refractivity contribution in [2.24, 2.45) is 0 Å². The summed E-state index contributed by atoms with van der Waals surface area (Å²) in [5, 5.41) is 4.93. The lowest BCUT2D eigenvalue weighted by molar-refractivity contribution is -0.119. The van der Waals surface area contributed by atoms with Crippen LogP contribution in [0.5, 0.6) is 5.75 Å². The number of rotatable bonds is 8. The molecule has 160 valence electrons. The van der Waals surface area contributed by atoms with Crippen molar-refractivity contribution in [1.82, 2.24) is 0 Å². The van der Waals surface area contributed by atoms with Crippen LogP contribution in [0.3, 0.4) is 0 Å². The van der Waals surface area contributed by atoms with Gasteiger partial charge in [0, 0.05) is 5.69 Å². The molecule has 3 rings (SSSR count). The second-order valence-corrected chi connectivity index (χ2v) is 6.01. The van der Waals surface area contributed by atoms with E-state index in [0.717, 1.165) is 0 Å². The molecule has 0 radical (unpaired) electrons. The van der Waals surface area contributed by atoms with Crippen LogP contribution >= 0.6 is 0 Å². The maximum absolute atomic E-state index is 12.4. The van der Waals surface area contributed by atoms with E-state index in [2.05, 4.69) is 15.4 Å². The number of carbonyl (C=O) groups excluding carboxylic acids is 3. The van der Waals surface area contributed by atoms with Crippen molar-refractivity contribution in [3.63, 3.8) is 0 Å². The fraction of sp³-hybridized carbons (Fsp3) is 0.0952. The second kappa shape index (κ2) is 10.0. The molecule has 10 heteroatoms. The van der Waals surface area contributed by atoms with E-state index in [1.165, 1.54) is 60.9 Å². The molecule has 0 bridgehead atoms. The van der Waals surface area contributed by atoms with Gasteiger partial charge in [0.15, 0.2) is 12.4 Å². The number of hydrogen-bond donors (Lipinski definition) is 2. The van der Waals surface area contributed by atoms with E-state index in [1.807, 2.05) is 0 Å². The lowest BCUT2D eigenvalue weighted by Gasteiger charge is -2.12. The zero-order valence-electron chi connectivity index (χ0n) is 15.8. The zero-order valence-corrected chi connectivity index (χ0v) is 15.8. The SMILES string of the molecule is O=C(COC(=O)c1ccc(NC(=O)c2ccco2)cc1)Nc1ccccc1OC(F)F. The van der Waals surface area contributed by atoms with Crippen molar-refractivity contribution < 1.29 is 37.1 Å². The van der Waals surface area contributed by atoms with E-state index >= 15 is 0 Å². The van der Waals surface area contributed by atoms with E-state index in [1.54, 1.807) is 6.07 Å². The van der Waals surface area contributed by atoms with Crippen molar-refractivity contribution in [3.05, 3.63) is 78.3 Å². The number of ether oxygens (including phenoxy) is 2. The Morgan fingerprint density at radius 2 is 1.68 bits per heavy atom. The molecule has 1 heterocycles. The smallest absolute Gasteiger partial charge is 0.387 e. The molecule has 0 unspecified atom stereocenters. The highest BCUT2D eigenvalue weighted by Gasteiger charge is 2.14. The molecule has 1 aromatic heterocycles. The minimum absolute atomic E-state index is 0.0144. The van der Waals surface area contributed by atoms with Crippen molar-refractivity contribution in [2.75, 3.05) is 17.2 Å². The fourth-order valence-electron chi connectivity index (χ4n) is 2.46. The van der Waals surface area contributed by atoms with Gasteiger partial charge in [-0.15, -0.1) is 0 Å². The van der Waals surface area contributed by atoms with Gasteiger partial charge in [0.2, 0.25) is 0 Å². The average Bonchev–Trinajstić information content (AvgIpc) is 3.29. The molecule has 0 spiro atoms. The predicted octanol–water partition coefficient (Wildman–Crippen LogP) is 3.93. The number of halogens is 2. The zero-order chi connectivity index (χ0) is 22.2. The summed E-state index contributed by atoms with van der Waals surface area (Å²) >= 11 is 0. The molecule has 0 saturated heterocycles. The Hall–Kier alpha value is -4.21. The van der Waals surface area contributed by atoms with Gasteiger partial charge in [-0.2, -0.15) is 8.78 Å². The minimum atomic E-state index is -3.05. The number of furan rings is 1.